The molecule has 5 rings (SSSR count). The van der Waals surface area contributed by atoms with E-state index in [0.717, 1.165) is 44.2 Å². The second kappa shape index (κ2) is 8.05. The van der Waals surface area contributed by atoms with Gasteiger partial charge in [0.15, 0.2) is 0 Å². The molecule has 1 unspecified atom stereocenters. The van der Waals surface area contributed by atoms with Gasteiger partial charge in [-0.3, -0.25) is 4.90 Å². The highest BCUT2D eigenvalue weighted by molar-refractivity contribution is 6.84. The molecule has 3 fully saturated rings. The topological polar surface area (TPSA) is 35.5 Å². The Bertz CT molecular complexity index is 779. The SMILES string of the molecule is C=C[C@@H]1CN2CC[C@H]1C[C@H]2[C@@](O)(C1=CCNc2ccccc21)[Si](CC)(CC)CC. The molecule has 1 aromatic carbocycles. The van der Waals surface area contributed by atoms with Gasteiger partial charge >= 0.3 is 0 Å². The molecule has 0 saturated carbocycles. The summed E-state index contributed by atoms with van der Waals surface area (Å²) in [4.78, 5) is 2.63. The molecule has 0 aliphatic carbocycles. The number of hydrogen-bond donors (Lipinski definition) is 2. The maximum Gasteiger partial charge on any atom is 0.0982 e. The van der Waals surface area contributed by atoms with Crippen LogP contribution in [0.15, 0.2) is 43.0 Å². The highest BCUT2D eigenvalue weighted by Gasteiger charge is 2.60. The summed E-state index contributed by atoms with van der Waals surface area (Å²) < 4.78 is 0. The molecule has 3 saturated heterocycles. The first-order valence-electron chi connectivity index (χ1n) is 11.7. The minimum Gasteiger partial charge on any atom is -0.387 e. The van der Waals surface area contributed by atoms with Crippen molar-refractivity contribution in [3.8, 4) is 0 Å². The molecule has 4 aliphatic rings. The number of benzene rings is 1. The van der Waals surface area contributed by atoms with Gasteiger partial charge in [-0.25, -0.2) is 0 Å². The zero-order valence-corrected chi connectivity index (χ0v) is 19.5. The molecular formula is C25H38N2OSi. The van der Waals surface area contributed by atoms with Crippen LogP contribution in [0.2, 0.25) is 18.1 Å². The number of piperidine rings is 3. The molecule has 3 nitrogen and oxygen atoms in total. The average molecular weight is 411 g/mol. The third-order valence-electron chi connectivity index (χ3n) is 8.66. The van der Waals surface area contributed by atoms with Gasteiger partial charge in [0, 0.05) is 30.4 Å². The summed E-state index contributed by atoms with van der Waals surface area (Å²) in [6, 6.07) is 12.2. The van der Waals surface area contributed by atoms with E-state index < -0.39 is 13.3 Å². The molecule has 2 N–H and O–H groups in total. The molecule has 0 radical (unpaired) electrons. The second-order valence-electron chi connectivity index (χ2n) is 9.35. The van der Waals surface area contributed by atoms with Crippen LogP contribution in [0.1, 0.15) is 39.2 Å². The third-order valence-corrected chi connectivity index (χ3v) is 14.9. The van der Waals surface area contributed by atoms with Crippen LogP contribution in [0.4, 0.5) is 5.69 Å². The number of para-hydroxylation sites is 1. The van der Waals surface area contributed by atoms with Crippen molar-refractivity contribution >= 4 is 19.3 Å². The van der Waals surface area contributed by atoms with Crippen molar-refractivity contribution in [3.63, 3.8) is 0 Å². The molecule has 158 valence electrons. The summed E-state index contributed by atoms with van der Waals surface area (Å²) in [6.45, 7) is 14.1. The van der Waals surface area contributed by atoms with Crippen LogP contribution in [0.5, 0.6) is 0 Å². The van der Waals surface area contributed by atoms with Crippen molar-refractivity contribution < 1.29 is 5.11 Å². The Morgan fingerprint density at radius 2 is 1.97 bits per heavy atom. The lowest BCUT2D eigenvalue weighted by atomic mass is 9.72. The average Bonchev–Trinajstić information content (AvgIpc) is 2.80. The van der Waals surface area contributed by atoms with Gasteiger partial charge in [-0.05, 0) is 42.9 Å². The summed E-state index contributed by atoms with van der Waals surface area (Å²) in [6.07, 6.45) is 6.82. The monoisotopic (exact) mass is 410 g/mol. The molecule has 1 aromatic rings. The van der Waals surface area contributed by atoms with E-state index in [2.05, 4.69) is 74.0 Å². The fraction of sp³-hybridized carbons (Fsp3) is 0.600. The lowest BCUT2D eigenvalue weighted by Gasteiger charge is -2.60. The molecular weight excluding hydrogens is 372 g/mol. The van der Waals surface area contributed by atoms with Crippen molar-refractivity contribution in [2.45, 2.75) is 63.0 Å². The van der Waals surface area contributed by atoms with Crippen LogP contribution in [0, 0.1) is 11.8 Å². The first kappa shape index (κ1) is 20.9. The Labute approximate surface area is 177 Å². The molecule has 4 aliphatic heterocycles. The Morgan fingerprint density at radius 1 is 1.24 bits per heavy atom. The number of nitrogens with one attached hydrogen (secondary N) is 1. The Hall–Kier alpha value is -1.36. The number of hydrogen-bond acceptors (Lipinski definition) is 3. The van der Waals surface area contributed by atoms with Crippen LogP contribution >= 0.6 is 0 Å². The standard InChI is InChI=1S/C25H38N2OSi/c1-5-19-18-27-16-14-20(19)17-24(27)25(28,29(6-2,7-3)8-4)22-13-15-26-23-12-10-9-11-21(22)23/h5,9-13,19-20,24,26,28H,1,6-8,14-18H2,2-4H3/t19-,20+,24+,25-/m1/s1. The maximum absolute atomic E-state index is 13.0. The summed E-state index contributed by atoms with van der Waals surface area (Å²) in [5, 5.41) is 15.8. The number of rotatable bonds is 7. The summed E-state index contributed by atoms with van der Waals surface area (Å²) in [5.74, 6) is 1.25. The first-order valence-corrected chi connectivity index (χ1v) is 14.3. The van der Waals surface area contributed by atoms with Gasteiger partial charge in [0.2, 0.25) is 0 Å². The van der Waals surface area contributed by atoms with Gasteiger partial charge < -0.3 is 10.4 Å². The first-order chi connectivity index (χ1) is 14.0. The van der Waals surface area contributed by atoms with Crippen LogP contribution in [-0.4, -0.2) is 49.0 Å². The van der Waals surface area contributed by atoms with Crippen molar-refractivity contribution in [2.24, 2.45) is 11.8 Å². The van der Waals surface area contributed by atoms with E-state index in [-0.39, 0.29) is 6.04 Å². The van der Waals surface area contributed by atoms with Gasteiger partial charge in [-0.2, -0.15) is 0 Å². The Balaban J connectivity index is 1.86. The highest BCUT2D eigenvalue weighted by atomic mass is 28.3. The van der Waals surface area contributed by atoms with E-state index >= 15 is 0 Å². The zero-order chi connectivity index (χ0) is 20.6. The molecule has 0 spiro atoms. The van der Waals surface area contributed by atoms with Crippen LogP contribution < -0.4 is 5.32 Å². The molecule has 0 amide bonds. The summed E-state index contributed by atoms with van der Waals surface area (Å²) >= 11 is 0. The Morgan fingerprint density at radius 3 is 2.59 bits per heavy atom. The van der Waals surface area contributed by atoms with E-state index in [9.17, 15) is 5.11 Å². The van der Waals surface area contributed by atoms with Crippen LogP contribution in [0.3, 0.4) is 0 Å². The molecule has 4 heteroatoms. The fourth-order valence-electron chi connectivity index (χ4n) is 6.75. The minimum atomic E-state index is -1.99. The minimum absolute atomic E-state index is 0.237. The van der Waals surface area contributed by atoms with E-state index in [1.807, 2.05) is 0 Å². The number of aliphatic hydroxyl groups is 1. The predicted octanol–water partition coefficient (Wildman–Crippen LogP) is 5.17. The van der Waals surface area contributed by atoms with Gasteiger partial charge in [0.1, 0.15) is 0 Å². The normalized spacial score (nSPS) is 30.7. The maximum atomic E-state index is 13.0. The van der Waals surface area contributed by atoms with Crippen molar-refractivity contribution in [2.75, 3.05) is 25.0 Å². The Kier molecular flexibility index (Phi) is 5.80. The van der Waals surface area contributed by atoms with Gasteiger partial charge in [0.25, 0.3) is 0 Å². The number of fused-ring (bicyclic) bond motifs is 4. The van der Waals surface area contributed by atoms with Crippen molar-refractivity contribution in [1.82, 2.24) is 4.90 Å². The van der Waals surface area contributed by atoms with E-state index in [1.165, 1.54) is 23.2 Å². The van der Waals surface area contributed by atoms with E-state index in [1.54, 1.807) is 0 Å². The lowest BCUT2D eigenvalue weighted by molar-refractivity contribution is -0.0461. The molecule has 0 aromatic heterocycles. The highest BCUT2D eigenvalue weighted by Crippen LogP contribution is 2.52. The van der Waals surface area contributed by atoms with Crippen LogP contribution in [-0.2, 0) is 0 Å². The fourth-order valence-corrected chi connectivity index (χ4v) is 11.7. The molecule has 4 heterocycles. The van der Waals surface area contributed by atoms with Gasteiger partial charge in [-0.15, -0.1) is 6.58 Å². The molecule has 5 atom stereocenters. The van der Waals surface area contributed by atoms with E-state index in [0.29, 0.717) is 11.8 Å². The molecule has 2 bridgehead atoms. The van der Waals surface area contributed by atoms with Crippen molar-refractivity contribution in [1.29, 1.82) is 0 Å². The predicted molar refractivity (Wildman–Crippen MR) is 127 cm³/mol. The smallest absolute Gasteiger partial charge is 0.0982 e. The largest absolute Gasteiger partial charge is 0.387 e. The summed E-state index contributed by atoms with van der Waals surface area (Å²) in [5.41, 5.74) is 3.61. The van der Waals surface area contributed by atoms with Crippen molar-refractivity contribution in [3.05, 3.63) is 48.6 Å². The quantitative estimate of drug-likeness (QED) is 0.481. The number of anilines is 1. The zero-order valence-electron chi connectivity index (χ0n) is 18.5. The number of nitrogens with zero attached hydrogens (tertiary/aromatic N) is 1. The molecule has 29 heavy (non-hydrogen) atoms. The van der Waals surface area contributed by atoms with Gasteiger partial charge in [-0.1, -0.05) is 69.3 Å². The lowest BCUT2D eigenvalue weighted by Crippen LogP contribution is -2.72. The van der Waals surface area contributed by atoms with Gasteiger partial charge in [0.05, 0.1) is 13.3 Å². The summed E-state index contributed by atoms with van der Waals surface area (Å²) in [7, 11) is -1.99. The van der Waals surface area contributed by atoms with Crippen LogP contribution in [0.25, 0.3) is 5.57 Å². The second-order valence-corrected chi connectivity index (χ2v) is 14.8. The van der Waals surface area contributed by atoms with E-state index in [4.69, 9.17) is 0 Å². The third kappa shape index (κ3) is 3.06.